The lowest BCUT2D eigenvalue weighted by molar-refractivity contribution is 0.0525. The monoisotopic (exact) mass is 403 g/mol. The van der Waals surface area contributed by atoms with Crippen molar-refractivity contribution >= 4 is 24.4 Å². The molecule has 1 aliphatic carbocycles. The molecular weight excluding hydrogens is 374 g/mol. The Kier molecular flexibility index (Phi) is 6.83. The first-order chi connectivity index (χ1) is 13.5. The van der Waals surface area contributed by atoms with Gasteiger partial charge < -0.3 is 9.72 Å². The van der Waals surface area contributed by atoms with Gasteiger partial charge in [0.05, 0.1) is 24.1 Å². The number of H-pyrrole nitrogens is 2. The predicted molar refractivity (Wildman–Crippen MR) is 112 cm³/mol. The van der Waals surface area contributed by atoms with Crippen LogP contribution in [0.3, 0.4) is 0 Å². The van der Waals surface area contributed by atoms with E-state index < -0.39 is 0 Å². The van der Waals surface area contributed by atoms with E-state index in [1.165, 1.54) is 32.1 Å². The maximum atomic E-state index is 12.2. The number of hydrogen-bond donors (Lipinski definition) is 2. The number of nitrogens with zero attached hydrogens (tertiary/aromatic N) is 3. The first-order valence-corrected chi connectivity index (χ1v) is 10.5. The Balaban J connectivity index is 1.76. The number of aromatic amines is 2. The summed E-state index contributed by atoms with van der Waals surface area (Å²) in [7, 11) is 0. The SMILES string of the molecule is CCOC(=O)c1c(C)[nH]c(/C=N/n2c(CCC3CCCCC3)n[nH]c2=S)c1C. The molecule has 3 rings (SSSR count). The largest absolute Gasteiger partial charge is 0.462 e. The highest BCUT2D eigenvalue weighted by Crippen LogP contribution is 2.27. The quantitative estimate of drug-likeness (QED) is 0.406. The van der Waals surface area contributed by atoms with Crippen molar-refractivity contribution in [3.63, 3.8) is 0 Å². The zero-order chi connectivity index (χ0) is 20.1. The summed E-state index contributed by atoms with van der Waals surface area (Å²) in [5, 5.41) is 11.7. The van der Waals surface area contributed by atoms with Crippen molar-refractivity contribution in [2.75, 3.05) is 6.61 Å². The molecule has 2 aromatic heterocycles. The standard InChI is InChI=1S/C20H29N5O2S/c1-4-27-19(26)18-13(2)16(22-14(18)3)12-21-25-17(23-24-20(25)28)11-10-15-8-6-5-7-9-15/h12,15,22H,4-11H2,1-3H3,(H,24,28)/b21-12+. The molecule has 0 saturated heterocycles. The van der Waals surface area contributed by atoms with Crippen LogP contribution in [-0.4, -0.2) is 38.6 Å². The third kappa shape index (κ3) is 4.60. The number of hydrogen-bond acceptors (Lipinski definition) is 5. The van der Waals surface area contributed by atoms with Gasteiger partial charge in [0.25, 0.3) is 0 Å². The highest BCUT2D eigenvalue weighted by molar-refractivity contribution is 7.71. The molecule has 28 heavy (non-hydrogen) atoms. The summed E-state index contributed by atoms with van der Waals surface area (Å²) in [5.41, 5.74) is 2.92. The lowest BCUT2D eigenvalue weighted by atomic mass is 9.86. The summed E-state index contributed by atoms with van der Waals surface area (Å²) in [4.78, 5) is 15.4. The van der Waals surface area contributed by atoms with Crippen LogP contribution in [-0.2, 0) is 11.2 Å². The Morgan fingerprint density at radius 3 is 2.82 bits per heavy atom. The van der Waals surface area contributed by atoms with Gasteiger partial charge in [0.15, 0.2) is 5.82 Å². The summed E-state index contributed by atoms with van der Waals surface area (Å²) in [6.07, 6.45) is 10.3. The van der Waals surface area contributed by atoms with Gasteiger partial charge >= 0.3 is 5.97 Å². The van der Waals surface area contributed by atoms with Crippen LogP contribution in [0.25, 0.3) is 0 Å². The summed E-state index contributed by atoms with van der Waals surface area (Å²) in [6, 6.07) is 0. The fourth-order valence-electron chi connectivity index (χ4n) is 3.94. The Morgan fingerprint density at radius 2 is 2.11 bits per heavy atom. The Labute approximate surface area is 170 Å². The molecule has 2 aromatic rings. The molecule has 1 aliphatic rings. The summed E-state index contributed by atoms with van der Waals surface area (Å²) in [6.45, 7) is 5.89. The van der Waals surface area contributed by atoms with Crippen molar-refractivity contribution in [3.8, 4) is 0 Å². The van der Waals surface area contributed by atoms with Gasteiger partial charge in [0.1, 0.15) is 0 Å². The van der Waals surface area contributed by atoms with Crippen molar-refractivity contribution in [3.05, 3.63) is 33.1 Å². The van der Waals surface area contributed by atoms with E-state index in [4.69, 9.17) is 17.0 Å². The van der Waals surface area contributed by atoms with Crippen LogP contribution in [0.1, 0.15) is 78.6 Å². The highest BCUT2D eigenvalue weighted by Gasteiger charge is 2.19. The molecule has 2 N–H and O–H groups in total. The molecule has 0 atom stereocenters. The minimum atomic E-state index is -0.318. The maximum Gasteiger partial charge on any atom is 0.340 e. The second-order valence-electron chi connectivity index (χ2n) is 7.43. The zero-order valence-corrected chi connectivity index (χ0v) is 17.7. The third-order valence-electron chi connectivity index (χ3n) is 5.48. The number of esters is 1. The van der Waals surface area contributed by atoms with Crippen LogP contribution in [0.4, 0.5) is 0 Å². The van der Waals surface area contributed by atoms with E-state index in [1.807, 2.05) is 13.8 Å². The number of rotatable bonds is 7. The van der Waals surface area contributed by atoms with Crippen LogP contribution in [0.2, 0.25) is 0 Å². The van der Waals surface area contributed by atoms with E-state index in [9.17, 15) is 4.79 Å². The minimum Gasteiger partial charge on any atom is -0.462 e. The van der Waals surface area contributed by atoms with Crippen molar-refractivity contribution in [1.29, 1.82) is 0 Å². The van der Waals surface area contributed by atoms with E-state index in [-0.39, 0.29) is 5.97 Å². The molecule has 8 heteroatoms. The fraction of sp³-hybridized carbons (Fsp3) is 0.600. The van der Waals surface area contributed by atoms with Gasteiger partial charge in [-0.2, -0.15) is 14.9 Å². The number of nitrogens with one attached hydrogen (secondary N) is 2. The van der Waals surface area contributed by atoms with E-state index in [2.05, 4.69) is 20.3 Å². The molecule has 7 nitrogen and oxygen atoms in total. The number of carbonyl (C=O) groups excluding carboxylic acids is 1. The van der Waals surface area contributed by atoms with Crippen molar-refractivity contribution < 1.29 is 9.53 Å². The smallest absolute Gasteiger partial charge is 0.340 e. The van der Waals surface area contributed by atoms with Gasteiger partial charge in [-0.25, -0.2) is 4.79 Å². The second kappa shape index (κ2) is 9.32. The molecule has 1 fully saturated rings. The topological polar surface area (TPSA) is 88.1 Å². The van der Waals surface area contributed by atoms with Crippen molar-refractivity contribution in [2.24, 2.45) is 11.0 Å². The Hall–Kier alpha value is -2.22. The molecule has 0 aliphatic heterocycles. The van der Waals surface area contributed by atoms with Gasteiger partial charge in [-0.15, -0.1) is 0 Å². The normalized spacial score (nSPS) is 15.4. The summed E-state index contributed by atoms with van der Waals surface area (Å²) < 4.78 is 7.29. The molecule has 0 bridgehead atoms. The number of ether oxygens (including phenoxy) is 1. The molecule has 0 amide bonds. The van der Waals surface area contributed by atoms with Gasteiger partial charge in [-0.05, 0) is 50.9 Å². The van der Waals surface area contributed by atoms with Crippen LogP contribution < -0.4 is 0 Å². The third-order valence-corrected chi connectivity index (χ3v) is 5.74. The molecule has 0 aromatic carbocycles. The molecule has 0 radical (unpaired) electrons. The first kappa shape index (κ1) is 20.5. The number of carbonyl (C=O) groups is 1. The molecule has 0 spiro atoms. The first-order valence-electron chi connectivity index (χ1n) is 10.1. The molecule has 152 valence electrons. The molecule has 2 heterocycles. The lowest BCUT2D eigenvalue weighted by Crippen LogP contribution is -2.09. The fourth-order valence-corrected chi connectivity index (χ4v) is 4.14. The van der Waals surface area contributed by atoms with E-state index in [0.717, 1.165) is 41.5 Å². The van der Waals surface area contributed by atoms with E-state index in [0.29, 0.717) is 16.9 Å². The average Bonchev–Trinajstić information content (AvgIpc) is 3.18. The summed E-state index contributed by atoms with van der Waals surface area (Å²) >= 11 is 5.35. The van der Waals surface area contributed by atoms with Crippen LogP contribution in [0, 0.1) is 24.5 Å². The van der Waals surface area contributed by atoms with Crippen molar-refractivity contribution in [2.45, 2.75) is 65.7 Å². The molecular formula is C20H29N5O2S. The van der Waals surface area contributed by atoms with Gasteiger partial charge in [-0.3, -0.25) is 5.10 Å². The second-order valence-corrected chi connectivity index (χ2v) is 7.81. The predicted octanol–water partition coefficient (Wildman–Crippen LogP) is 4.46. The van der Waals surface area contributed by atoms with E-state index >= 15 is 0 Å². The highest BCUT2D eigenvalue weighted by atomic mass is 32.1. The summed E-state index contributed by atoms with van der Waals surface area (Å²) in [5.74, 6) is 1.30. The lowest BCUT2D eigenvalue weighted by Gasteiger charge is -2.20. The zero-order valence-electron chi connectivity index (χ0n) is 16.9. The van der Waals surface area contributed by atoms with Crippen LogP contribution in [0.5, 0.6) is 0 Å². The Morgan fingerprint density at radius 1 is 1.36 bits per heavy atom. The number of aryl methyl sites for hydroxylation is 2. The Bertz CT molecular complexity index is 902. The van der Waals surface area contributed by atoms with Crippen LogP contribution >= 0.6 is 12.2 Å². The molecule has 1 saturated carbocycles. The van der Waals surface area contributed by atoms with Gasteiger partial charge in [-0.1, -0.05) is 32.1 Å². The van der Waals surface area contributed by atoms with E-state index in [1.54, 1.807) is 17.8 Å². The minimum absolute atomic E-state index is 0.318. The van der Waals surface area contributed by atoms with Crippen molar-refractivity contribution in [1.82, 2.24) is 19.9 Å². The van der Waals surface area contributed by atoms with Crippen LogP contribution in [0.15, 0.2) is 5.10 Å². The maximum absolute atomic E-state index is 12.2. The van der Waals surface area contributed by atoms with Gasteiger partial charge in [0.2, 0.25) is 4.77 Å². The number of aromatic nitrogens is 4. The average molecular weight is 404 g/mol. The molecule has 0 unspecified atom stereocenters. The van der Waals surface area contributed by atoms with Gasteiger partial charge in [0, 0.05) is 12.1 Å².